The lowest BCUT2D eigenvalue weighted by Crippen LogP contribution is -2.48. The summed E-state index contributed by atoms with van der Waals surface area (Å²) in [4.78, 5) is 22.2. The van der Waals surface area contributed by atoms with Crippen LogP contribution < -0.4 is 5.32 Å². The van der Waals surface area contributed by atoms with Gasteiger partial charge in [0.25, 0.3) is 0 Å². The minimum absolute atomic E-state index is 0.0189. The predicted octanol–water partition coefficient (Wildman–Crippen LogP) is 0.0796. The quantitative estimate of drug-likeness (QED) is 0.742. The molecule has 1 fully saturated rings. The number of nitrogens with one attached hydrogen (secondary N) is 1. The smallest absolute Gasteiger partial charge is 0.406 e. The highest BCUT2D eigenvalue weighted by Crippen LogP contribution is 2.18. The van der Waals surface area contributed by atoms with Crippen LogP contribution in [0.4, 0.5) is 18.0 Å². The van der Waals surface area contributed by atoms with Crippen LogP contribution >= 0.6 is 0 Å². The average molecular weight is 332 g/mol. The molecular formula is C10H15F3N2O5S. The van der Waals surface area contributed by atoms with Crippen molar-refractivity contribution in [2.45, 2.75) is 12.6 Å². The molecule has 1 heterocycles. The highest BCUT2D eigenvalue weighted by molar-refractivity contribution is 7.91. The molecule has 0 aromatic carbocycles. The molecule has 1 saturated heterocycles. The maximum atomic E-state index is 12.3. The second-order valence-corrected chi connectivity index (χ2v) is 7.05. The van der Waals surface area contributed by atoms with Crippen LogP contribution in [0.25, 0.3) is 0 Å². The van der Waals surface area contributed by atoms with Gasteiger partial charge in [0, 0.05) is 6.54 Å². The summed E-state index contributed by atoms with van der Waals surface area (Å²) in [6.45, 7) is -2.88. The van der Waals surface area contributed by atoms with Gasteiger partial charge < -0.3 is 15.3 Å². The van der Waals surface area contributed by atoms with Crippen molar-refractivity contribution in [3.8, 4) is 0 Å². The fraction of sp³-hybridized carbons (Fsp3) is 0.800. The van der Waals surface area contributed by atoms with E-state index in [9.17, 15) is 31.2 Å². The minimum atomic E-state index is -4.72. The summed E-state index contributed by atoms with van der Waals surface area (Å²) < 4.78 is 59.2. The van der Waals surface area contributed by atoms with Crippen molar-refractivity contribution in [2.75, 3.05) is 31.1 Å². The van der Waals surface area contributed by atoms with Gasteiger partial charge in [-0.25, -0.2) is 13.2 Å². The molecule has 0 saturated carbocycles. The van der Waals surface area contributed by atoms with Crippen LogP contribution in [-0.2, 0) is 14.6 Å². The van der Waals surface area contributed by atoms with E-state index in [2.05, 4.69) is 5.32 Å². The van der Waals surface area contributed by atoms with E-state index in [0.717, 1.165) is 0 Å². The summed E-state index contributed by atoms with van der Waals surface area (Å²) >= 11 is 0. The molecule has 0 spiro atoms. The van der Waals surface area contributed by atoms with E-state index in [0.29, 0.717) is 6.42 Å². The monoisotopic (exact) mass is 332 g/mol. The van der Waals surface area contributed by atoms with Gasteiger partial charge in [0.1, 0.15) is 13.1 Å². The summed E-state index contributed by atoms with van der Waals surface area (Å²) in [5.41, 5.74) is 0. The Bertz CT molecular complexity index is 505. The highest BCUT2D eigenvalue weighted by Gasteiger charge is 2.34. The summed E-state index contributed by atoms with van der Waals surface area (Å²) in [6, 6.07) is -1.18. The van der Waals surface area contributed by atoms with Gasteiger partial charge in [-0.3, -0.25) is 4.79 Å². The second-order valence-electron chi connectivity index (χ2n) is 4.82. The maximum absolute atomic E-state index is 12.3. The number of nitrogens with zero attached hydrogens (tertiary/aromatic N) is 1. The summed E-state index contributed by atoms with van der Waals surface area (Å²) in [7, 11) is -3.15. The number of halogens is 3. The fourth-order valence-electron chi connectivity index (χ4n) is 1.96. The van der Waals surface area contributed by atoms with Crippen molar-refractivity contribution >= 4 is 21.8 Å². The zero-order chi connectivity index (χ0) is 16.3. The Morgan fingerprint density at radius 3 is 2.38 bits per heavy atom. The number of hydrogen-bond acceptors (Lipinski definition) is 4. The Morgan fingerprint density at radius 1 is 1.33 bits per heavy atom. The zero-order valence-electron chi connectivity index (χ0n) is 10.9. The molecule has 1 unspecified atom stereocenters. The maximum Gasteiger partial charge on any atom is 0.406 e. The van der Waals surface area contributed by atoms with Gasteiger partial charge >= 0.3 is 18.2 Å². The largest absolute Gasteiger partial charge is 0.480 e. The Labute approximate surface area is 119 Å². The second kappa shape index (κ2) is 6.50. The first kappa shape index (κ1) is 17.5. The third-order valence-electron chi connectivity index (χ3n) is 2.85. The lowest BCUT2D eigenvalue weighted by molar-refractivity contribution is -0.148. The standard InChI is InChI=1S/C10H15F3N2O5S/c11-10(12,13)6-15(4-8(16)17)9(18)14-3-7-1-2-21(19,20)5-7/h7H,1-6H2,(H,14,18)(H,16,17). The van der Waals surface area contributed by atoms with Gasteiger partial charge in [-0.2, -0.15) is 13.2 Å². The number of alkyl halides is 3. The van der Waals surface area contributed by atoms with E-state index in [1.165, 1.54) is 0 Å². The minimum Gasteiger partial charge on any atom is -0.480 e. The van der Waals surface area contributed by atoms with Crippen molar-refractivity contribution in [1.29, 1.82) is 0 Å². The molecule has 21 heavy (non-hydrogen) atoms. The number of sulfone groups is 1. The molecule has 7 nitrogen and oxygen atoms in total. The zero-order valence-corrected chi connectivity index (χ0v) is 11.7. The lowest BCUT2D eigenvalue weighted by Gasteiger charge is -2.23. The Morgan fingerprint density at radius 2 is 1.95 bits per heavy atom. The number of hydrogen-bond donors (Lipinski definition) is 2. The normalized spacial score (nSPS) is 21.0. The number of carbonyl (C=O) groups is 2. The van der Waals surface area contributed by atoms with E-state index < -0.39 is 41.1 Å². The van der Waals surface area contributed by atoms with Gasteiger partial charge in [0.05, 0.1) is 11.5 Å². The first-order valence-corrected chi connectivity index (χ1v) is 7.82. The molecule has 0 aromatic heterocycles. The van der Waals surface area contributed by atoms with Crippen LogP contribution in [0.1, 0.15) is 6.42 Å². The molecule has 1 aliphatic heterocycles. The first-order valence-electron chi connectivity index (χ1n) is 6.00. The van der Waals surface area contributed by atoms with Gasteiger partial charge in [-0.1, -0.05) is 0 Å². The van der Waals surface area contributed by atoms with E-state index in [4.69, 9.17) is 5.11 Å². The summed E-state index contributed by atoms with van der Waals surface area (Å²) in [5, 5.41) is 10.7. The van der Waals surface area contributed by atoms with Crippen molar-refractivity contribution in [3.63, 3.8) is 0 Å². The molecular weight excluding hydrogens is 317 g/mol. The molecule has 11 heteroatoms. The van der Waals surface area contributed by atoms with Crippen LogP contribution in [0, 0.1) is 5.92 Å². The Kier molecular flexibility index (Phi) is 5.42. The van der Waals surface area contributed by atoms with Crippen LogP contribution in [-0.4, -0.2) is 67.7 Å². The molecule has 1 rings (SSSR count). The number of carbonyl (C=O) groups excluding carboxylic acids is 1. The lowest BCUT2D eigenvalue weighted by atomic mass is 10.1. The molecule has 1 aliphatic rings. The number of carboxylic acid groups (broad SMARTS) is 1. The molecule has 0 bridgehead atoms. The Balaban J connectivity index is 2.54. The van der Waals surface area contributed by atoms with Gasteiger partial charge in [0.15, 0.2) is 9.84 Å². The number of amides is 2. The van der Waals surface area contributed by atoms with E-state index in [1.807, 2.05) is 0 Å². The van der Waals surface area contributed by atoms with Gasteiger partial charge in [0.2, 0.25) is 0 Å². The van der Waals surface area contributed by atoms with E-state index in [1.54, 1.807) is 0 Å². The molecule has 2 N–H and O–H groups in total. The van der Waals surface area contributed by atoms with Crippen molar-refractivity contribution in [1.82, 2.24) is 10.2 Å². The topological polar surface area (TPSA) is 104 Å². The number of carboxylic acids is 1. The third kappa shape index (κ3) is 6.65. The molecule has 2 amide bonds. The van der Waals surface area contributed by atoms with Crippen LogP contribution in [0.3, 0.4) is 0 Å². The molecule has 122 valence electrons. The average Bonchev–Trinajstić information content (AvgIpc) is 2.62. The fourth-order valence-corrected chi connectivity index (χ4v) is 3.82. The molecule has 0 aliphatic carbocycles. The molecule has 0 aromatic rings. The van der Waals surface area contributed by atoms with Crippen molar-refractivity contribution in [2.24, 2.45) is 5.92 Å². The van der Waals surface area contributed by atoms with Crippen LogP contribution in [0.5, 0.6) is 0 Å². The van der Waals surface area contributed by atoms with Crippen molar-refractivity contribution < 1.29 is 36.3 Å². The molecule has 1 atom stereocenters. The van der Waals surface area contributed by atoms with Crippen molar-refractivity contribution in [3.05, 3.63) is 0 Å². The highest BCUT2D eigenvalue weighted by atomic mass is 32.2. The van der Waals surface area contributed by atoms with Gasteiger partial charge in [-0.05, 0) is 12.3 Å². The number of urea groups is 1. The summed E-state index contributed by atoms with van der Waals surface area (Å²) in [5.74, 6) is -2.09. The molecule has 0 radical (unpaired) electrons. The van der Waals surface area contributed by atoms with Gasteiger partial charge in [-0.15, -0.1) is 0 Å². The van der Waals surface area contributed by atoms with Crippen LogP contribution in [0.2, 0.25) is 0 Å². The summed E-state index contributed by atoms with van der Waals surface area (Å²) in [6.07, 6.45) is -4.40. The van der Waals surface area contributed by atoms with Crippen LogP contribution in [0.15, 0.2) is 0 Å². The number of aliphatic carboxylic acids is 1. The van der Waals surface area contributed by atoms with E-state index in [-0.39, 0.29) is 28.9 Å². The third-order valence-corrected chi connectivity index (χ3v) is 4.69. The number of rotatable bonds is 5. The Hall–Kier alpha value is -1.52. The van der Waals surface area contributed by atoms with E-state index >= 15 is 0 Å². The predicted molar refractivity (Wildman–Crippen MR) is 65.4 cm³/mol. The SMILES string of the molecule is O=C(O)CN(CC(F)(F)F)C(=O)NCC1CCS(=O)(=O)C1. The first-order chi connectivity index (χ1) is 9.48.